The smallest absolute Gasteiger partial charge is 0.0807 e. The molecule has 0 amide bonds. The topological polar surface area (TPSA) is 38.0 Å². The first-order valence-electron chi connectivity index (χ1n) is 6.36. The predicted octanol–water partition coefficient (Wildman–Crippen LogP) is 3.30. The summed E-state index contributed by atoms with van der Waals surface area (Å²) < 4.78 is 3.03. The fourth-order valence-corrected chi connectivity index (χ4v) is 3.32. The summed E-state index contributed by atoms with van der Waals surface area (Å²) in [5, 5.41) is 17.7. The van der Waals surface area contributed by atoms with Gasteiger partial charge in [-0.05, 0) is 40.8 Å². The van der Waals surface area contributed by atoms with Crippen LogP contribution in [-0.2, 0) is 13.5 Å². The van der Waals surface area contributed by atoms with Crippen LogP contribution in [0.2, 0.25) is 0 Å². The molecule has 2 aromatic heterocycles. The van der Waals surface area contributed by atoms with Gasteiger partial charge in [0.2, 0.25) is 0 Å². The minimum atomic E-state index is -0.406. The molecule has 1 aromatic carbocycles. The van der Waals surface area contributed by atoms with Crippen LogP contribution in [0.15, 0.2) is 42.0 Å². The fourth-order valence-electron chi connectivity index (χ4n) is 2.32. The van der Waals surface area contributed by atoms with E-state index in [1.807, 2.05) is 31.6 Å². The van der Waals surface area contributed by atoms with Crippen LogP contribution in [0.25, 0.3) is 10.1 Å². The summed E-state index contributed by atoms with van der Waals surface area (Å²) >= 11 is 1.69. The minimum absolute atomic E-state index is 0.406. The summed E-state index contributed by atoms with van der Waals surface area (Å²) in [6, 6.07) is 8.23. The van der Waals surface area contributed by atoms with Gasteiger partial charge < -0.3 is 5.11 Å². The first-order valence-corrected chi connectivity index (χ1v) is 7.24. The van der Waals surface area contributed by atoms with Crippen LogP contribution in [-0.4, -0.2) is 14.9 Å². The molecule has 1 N–H and O–H groups in total. The molecule has 0 radical (unpaired) electrons. The molecule has 0 aliphatic carbocycles. The standard InChI is InChI=1S/C15H16N2OS/c1-17-9-11(8-16-17)6-7-14(18)13-10-19-15-5-3-2-4-12(13)15/h2-5,8-10,14,18H,6-7H2,1H3. The van der Waals surface area contributed by atoms with Crippen molar-refractivity contribution < 1.29 is 5.11 Å². The van der Waals surface area contributed by atoms with Crippen molar-refractivity contribution in [3.8, 4) is 0 Å². The Balaban J connectivity index is 1.75. The van der Waals surface area contributed by atoms with Crippen molar-refractivity contribution in [1.29, 1.82) is 0 Å². The van der Waals surface area contributed by atoms with Crippen LogP contribution >= 0.6 is 11.3 Å². The molecule has 0 saturated heterocycles. The van der Waals surface area contributed by atoms with Gasteiger partial charge >= 0.3 is 0 Å². The second-order valence-electron chi connectivity index (χ2n) is 4.76. The summed E-state index contributed by atoms with van der Waals surface area (Å²) in [5.41, 5.74) is 2.21. The molecule has 0 spiro atoms. The molecule has 1 atom stereocenters. The van der Waals surface area contributed by atoms with Gasteiger partial charge in [-0.15, -0.1) is 11.3 Å². The normalized spacial score (nSPS) is 12.9. The molecule has 98 valence electrons. The Labute approximate surface area is 116 Å². The molecule has 3 rings (SSSR count). The number of hydrogen-bond donors (Lipinski definition) is 1. The molecule has 3 aromatic rings. The zero-order valence-corrected chi connectivity index (χ0v) is 11.6. The molecule has 1 unspecified atom stereocenters. The molecule has 0 bridgehead atoms. The number of hydrogen-bond acceptors (Lipinski definition) is 3. The van der Waals surface area contributed by atoms with Crippen molar-refractivity contribution in [1.82, 2.24) is 9.78 Å². The zero-order chi connectivity index (χ0) is 13.2. The molecular weight excluding hydrogens is 256 g/mol. The van der Waals surface area contributed by atoms with E-state index in [1.165, 1.54) is 15.6 Å². The molecule has 0 saturated carbocycles. The third-order valence-corrected chi connectivity index (χ3v) is 4.32. The number of rotatable bonds is 4. The van der Waals surface area contributed by atoms with Gasteiger partial charge in [-0.3, -0.25) is 4.68 Å². The van der Waals surface area contributed by atoms with Crippen molar-refractivity contribution in [2.75, 3.05) is 0 Å². The maximum Gasteiger partial charge on any atom is 0.0807 e. The van der Waals surface area contributed by atoms with Crippen molar-refractivity contribution in [2.24, 2.45) is 7.05 Å². The van der Waals surface area contributed by atoms with Crippen molar-refractivity contribution in [3.63, 3.8) is 0 Å². The van der Waals surface area contributed by atoms with E-state index in [1.54, 1.807) is 16.0 Å². The van der Waals surface area contributed by atoms with Gasteiger partial charge in [0.15, 0.2) is 0 Å². The van der Waals surface area contributed by atoms with E-state index in [0.717, 1.165) is 18.4 Å². The lowest BCUT2D eigenvalue weighted by Crippen LogP contribution is -1.98. The quantitative estimate of drug-likeness (QED) is 0.791. The lowest BCUT2D eigenvalue weighted by molar-refractivity contribution is 0.170. The van der Waals surface area contributed by atoms with E-state index in [2.05, 4.69) is 22.6 Å². The lowest BCUT2D eigenvalue weighted by Gasteiger charge is -2.08. The van der Waals surface area contributed by atoms with E-state index in [9.17, 15) is 5.11 Å². The van der Waals surface area contributed by atoms with Gasteiger partial charge in [-0.25, -0.2) is 0 Å². The Bertz CT molecular complexity index is 686. The Hall–Kier alpha value is -1.65. The number of aliphatic hydroxyl groups excluding tert-OH is 1. The molecule has 0 aliphatic heterocycles. The molecule has 4 heteroatoms. The number of fused-ring (bicyclic) bond motifs is 1. The highest BCUT2D eigenvalue weighted by atomic mass is 32.1. The van der Waals surface area contributed by atoms with E-state index >= 15 is 0 Å². The monoisotopic (exact) mass is 272 g/mol. The minimum Gasteiger partial charge on any atom is -0.388 e. The van der Waals surface area contributed by atoms with Gasteiger partial charge in [0.1, 0.15) is 0 Å². The average Bonchev–Trinajstić information content (AvgIpc) is 3.02. The van der Waals surface area contributed by atoms with Crippen molar-refractivity contribution >= 4 is 21.4 Å². The van der Waals surface area contributed by atoms with Gasteiger partial charge in [0.05, 0.1) is 12.3 Å². The molecule has 2 heterocycles. The third-order valence-electron chi connectivity index (χ3n) is 3.33. The Morgan fingerprint density at radius 1 is 1.37 bits per heavy atom. The first kappa shape index (κ1) is 12.4. The summed E-state index contributed by atoms with van der Waals surface area (Å²) in [7, 11) is 1.91. The summed E-state index contributed by atoms with van der Waals surface area (Å²) in [6.07, 6.45) is 5.03. The first-order chi connectivity index (χ1) is 9.24. The Morgan fingerprint density at radius 2 is 2.21 bits per heavy atom. The number of aryl methyl sites for hydroxylation is 2. The molecular formula is C15H16N2OS. The average molecular weight is 272 g/mol. The summed E-state index contributed by atoms with van der Waals surface area (Å²) in [5.74, 6) is 0. The Morgan fingerprint density at radius 3 is 3.00 bits per heavy atom. The molecule has 3 nitrogen and oxygen atoms in total. The van der Waals surface area contributed by atoms with Crippen LogP contribution in [0, 0.1) is 0 Å². The van der Waals surface area contributed by atoms with E-state index < -0.39 is 6.10 Å². The van der Waals surface area contributed by atoms with Gasteiger partial charge in [0.25, 0.3) is 0 Å². The highest BCUT2D eigenvalue weighted by Crippen LogP contribution is 2.32. The largest absolute Gasteiger partial charge is 0.388 e. The van der Waals surface area contributed by atoms with Crippen LogP contribution < -0.4 is 0 Å². The zero-order valence-electron chi connectivity index (χ0n) is 10.8. The number of nitrogens with zero attached hydrogens (tertiary/aromatic N) is 2. The second kappa shape index (κ2) is 5.15. The van der Waals surface area contributed by atoms with Crippen LogP contribution in [0.5, 0.6) is 0 Å². The highest BCUT2D eigenvalue weighted by Gasteiger charge is 2.13. The maximum atomic E-state index is 10.4. The SMILES string of the molecule is Cn1cc(CCC(O)c2csc3ccccc23)cn1. The predicted molar refractivity (Wildman–Crippen MR) is 78.3 cm³/mol. The van der Waals surface area contributed by atoms with Gasteiger partial charge in [-0.2, -0.15) is 5.10 Å². The van der Waals surface area contributed by atoms with Crippen LogP contribution in [0.3, 0.4) is 0 Å². The molecule has 0 aliphatic rings. The molecule has 19 heavy (non-hydrogen) atoms. The fraction of sp³-hybridized carbons (Fsp3) is 0.267. The number of thiophene rings is 1. The van der Waals surface area contributed by atoms with Crippen LogP contribution in [0.1, 0.15) is 23.7 Å². The van der Waals surface area contributed by atoms with Gasteiger partial charge in [0, 0.05) is 17.9 Å². The van der Waals surface area contributed by atoms with E-state index in [4.69, 9.17) is 0 Å². The van der Waals surface area contributed by atoms with E-state index in [0.29, 0.717) is 0 Å². The molecule has 0 fully saturated rings. The number of benzene rings is 1. The summed E-state index contributed by atoms with van der Waals surface area (Å²) in [6.45, 7) is 0. The third kappa shape index (κ3) is 2.55. The summed E-state index contributed by atoms with van der Waals surface area (Å²) in [4.78, 5) is 0. The van der Waals surface area contributed by atoms with E-state index in [-0.39, 0.29) is 0 Å². The second-order valence-corrected chi connectivity index (χ2v) is 5.68. The maximum absolute atomic E-state index is 10.4. The lowest BCUT2D eigenvalue weighted by atomic mass is 10.0. The van der Waals surface area contributed by atoms with Crippen LogP contribution in [0.4, 0.5) is 0 Å². The van der Waals surface area contributed by atoms with Crippen molar-refractivity contribution in [3.05, 3.63) is 53.2 Å². The highest BCUT2D eigenvalue weighted by molar-refractivity contribution is 7.17. The number of aromatic nitrogens is 2. The van der Waals surface area contributed by atoms with Gasteiger partial charge in [-0.1, -0.05) is 18.2 Å². The Kier molecular flexibility index (Phi) is 3.36. The van der Waals surface area contributed by atoms with Crippen molar-refractivity contribution in [2.45, 2.75) is 18.9 Å². The number of aliphatic hydroxyl groups is 1.